The van der Waals surface area contributed by atoms with Gasteiger partial charge in [-0.15, -0.1) is 0 Å². The van der Waals surface area contributed by atoms with Crippen LogP contribution in [0.4, 0.5) is 0 Å². The highest BCUT2D eigenvalue weighted by Crippen LogP contribution is 2.19. The Bertz CT molecular complexity index is 891. The lowest BCUT2D eigenvalue weighted by atomic mass is 10.0. The summed E-state index contributed by atoms with van der Waals surface area (Å²) in [7, 11) is 0. The SMILES string of the molecule is O=C(NC1CCCCN(C(Cc2ccccc2)C(=O)O)C1=O)C(S)Cc1ccccc1. The zero-order valence-corrected chi connectivity index (χ0v) is 18.2. The van der Waals surface area contributed by atoms with E-state index in [1.807, 2.05) is 60.7 Å². The summed E-state index contributed by atoms with van der Waals surface area (Å²) in [6.45, 7) is 0.364. The van der Waals surface area contributed by atoms with Crippen LogP contribution in [0.15, 0.2) is 60.7 Å². The van der Waals surface area contributed by atoms with Gasteiger partial charge in [0.05, 0.1) is 5.25 Å². The second kappa shape index (κ2) is 11.0. The van der Waals surface area contributed by atoms with E-state index < -0.39 is 23.3 Å². The molecule has 1 fully saturated rings. The molecule has 7 heteroatoms. The molecule has 3 unspecified atom stereocenters. The molecule has 164 valence electrons. The predicted octanol–water partition coefficient (Wildman–Crippen LogP) is 2.72. The Morgan fingerprint density at radius 2 is 1.58 bits per heavy atom. The number of rotatable bonds is 8. The number of amides is 2. The molecule has 2 aromatic carbocycles. The third-order valence-corrected chi connectivity index (χ3v) is 5.96. The van der Waals surface area contributed by atoms with Crippen LogP contribution in [0, 0.1) is 0 Å². The van der Waals surface area contributed by atoms with Crippen LogP contribution in [0.5, 0.6) is 0 Å². The Kier molecular flexibility index (Phi) is 8.12. The number of nitrogens with zero attached hydrogens (tertiary/aromatic N) is 1. The molecule has 0 radical (unpaired) electrons. The monoisotopic (exact) mass is 440 g/mol. The first-order chi connectivity index (χ1) is 15.0. The normalized spacial score (nSPS) is 18.7. The fourth-order valence-electron chi connectivity index (χ4n) is 3.87. The quantitative estimate of drug-likeness (QED) is 0.551. The summed E-state index contributed by atoms with van der Waals surface area (Å²) in [6, 6.07) is 17.1. The average molecular weight is 441 g/mol. The first-order valence-corrected chi connectivity index (χ1v) is 11.1. The van der Waals surface area contributed by atoms with Gasteiger partial charge in [0.2, 0.25) is 11.8 Å². The molecular formula is C24H28N2O4S. The molecule has 2 N–H and O–H groups in total. The van der Waals surface area contributed by atoms with Crippen LogP contribution < -0.4 is 5.32 Å². The summed E-state index contributed by atoms with van der Waals surface area (Å²) in [6.07, 6.45) is 2.61. The maximum absolute atomic E-state index is 13.2. The number of likely N-dealkylation sites (tertiary alicyclic amines) is 1. The molecule has 0 bridgehead atoms. The number of carbonyl (C=O) groups excluding carboxylic acids is 2. The minimum atomic E-state index is -1.04. The highest BCUT2D eigenvalue weighted by atomic mass is 32.1. The van der Waals surface area contributed by atoms with E-state index in [0.29, 0.717) is 25.8 Å². The second-order valence-electron chi connectivity index (χ2n) is 7.84. The van der Waals surface area contributed by atoms with E-state index in [0.717, 1.165) is 17.5 Å². The lowest BCUT2D eigenvalue weighted by molar-refractivity contribution is -0.151. The minimum absolute atomic E-state index is 0.228. The molecule has 31 heavy (non-hydrogen) atoms. The summed E-state index contributed by atoms with van der Waals surface area (Å²) in [4.78, 5) is 39.3. The number of thiol groups is 1. The van der Waals surface area contributed by atoms with E-state index in [2.05, 4.69) is 17.9 Å². The smallest absolute Gasteiger partial charge is 0.326 e. The highest BCUT2D eigenvalue weighted by Gasteiger charge is 2.36. The first kappa shape index (κ1) is 22.9. The summed E-state index contributed by atoms with van der Waals surface area (Å²) < 4.78 is 0. The van der Waals surface area contributed by atoms with Gasteiger partial charge in [0.1, 0.15) is 12.1 Å². The average Bonchev–Trinajstić information content (AvgIpc) is 2.95. The Morgan fingerprint density at radius 3 is 2.16 bits per heavy atom. The molecule has 6 nitrogen and oxygen atoms in total. The largest absolute Gasteiger partial charge is 0.480 e. The molecule has 1 saturated heterocycles. The number of hydrogen-bond acceptors (Lipinski definition) is 4. The summed E-state index contributed by atoms with van der Waals surface area (Å²) in [5.41, 5.74) is 1.84. The molecule has 0 spiro atoms. The number of hydrogen-bond donors (Lipinski definition) is 3. The fraction of sp³-hybridized carbons (Fsp3) is 0.375. The fourth-order valence-corrected chi connectivity index (χ4v) is 4.16. The molecular weight excluding hydrogens is 412 g/mol. The maximum Gasteiger partial charge on any atom is 0.326 e. The Labute approximate surface area is 188 Å². The van der Waals surface area contributed by atoms with Crippen LogP contribution in [0.3, 0.4) is 0 Å². The van der Waals surface area contributed by atoms with Crippen molar-refractivity contribution in [1.82, 2.24) is 10.2 Å². The van der Waals surface area contributed by atoms with Crippen LogP contribution in [-0.2, 0) is 27.2 Å². The van der Waals surface area contributed by atoms with Crippen molar-refractivity contribution in [3.05, 3.63) is 71.8 Å². The van der Waals surface area contributed by atoms with Crippen molar-refractivity contribution in [3.8, 4) is 0 Å². The molecule has 3 atom stereocenters. The summed E-state index contributed by atoms with van der Waals surface area (Å²) >= 11 is 4.42. The Hall–Kier alpha value is -2.80. The van der Waals surface area contributed by atoms with Gasteiger partial charge in [-0.05, 0) is 36.8 Å². The first-order valence-electron chi connectivity index (χ1n) is 10.6. The van der Waals surface area contributed by atoms with E-state index in [1.165, 1.54) is 4.90 Å². The molecule has 2 amide bonds. The van der Waals surface area contributed by atoms with Crippen molar-refractivity contribution < 1.29 is 19.5 Å². The van der Waals surface area contributed by atoms with E-state index in [1.54, 1.807) is 0 Å². The van der Waals surface area contributed by atoms with Gasteiger partial charge < -0.3 is 15.3 Å². The second-order valence-corrected chi connectivity index (χ2v) is 8.46. The van der Waals surface area contributed by atoms with Crippen LogP contribution in [0.25, 0.3) is 0 Å². The number of nitrogens with one attached hydrogen (secondary N) is 1. The van der Waals surface area contributed by atoms with Gasteiger partial charge in [0.25, 0.3) is 0 Å². The van der Waals surface area contributed by atoms with Gasteiger partial charge in [0.15, 0.2) is 0 Å². The number of aliphatic carboxylic acids is 1. The molecule has 3 rings (SSSR count). The topological polar surface area (TPSA) is 86.7 Å². The molecule has 0 aromatic heterocycles. The van der Waals surface area contributed by atoms with Crippen LogP contribution in [-0.4, -0.2) is 51.7 Å². The van der Waals surface area contributed by atoms with Crippen molar-refractivity contribution in [3.63, 3.8) is 0 Å². The predicted molar refractivity (Wildman–Crippen MR) is 122 cm³/mol. The zero-order valence-electron chi connectivity index (χ0n) is 17.3. The van der Waals surface area contributed by atoms with Gasteiger partial charge in [-0.1, -0.05) is 60.7 Å². The van der Waals surface area contributed by atoms with Crippen LogP contribution in [0.1, 0.15) is 30.4 Å². The van der Waals surface area contributed by atoms with Crippen molar-refractivity contribution in [2.75, 3.05) is 6.54 Å². The van der Waals surface area contributed by atoms with E-state index >= 15 is 0 Å². The van der Waals surface area contributed by atoms with Gasteiger partial charge in [0, 0.05) is 13.0 Å². The summed E-state index contributed by atoms with van der Waals surface area (Å²) in [5.74, 6) is -1.70. The standard InChI is InChI=1S/C24H28N2O4S/c27-22(21(31)16-18-11-5-2-6-12-18)25-19-13-7-8-14-26(23(19)28)20(24(29)30)15-17-9-3-1-4-10-17/h1-6,9-12,19-21,31H,7-8,13-16H2,(H,25,27)(H,29,30). The zero-order chi connectivity index (χ0) is 22.2. The molecule has 1 aliphatic heterocycles. The summed E-state index contributed by atoms with van der Waals surface area (Å²) in [5, 5.41) is 12.0. The third kappa shape index (κ3) is 6.34. The van der Waals surface area contributed by atoms with Crippen molar-refractivity contribution in [2.45, 2.75) is 49.4 Å². The molecule has 0 saturated carbocycles. The molecule has 1 aliphatic rings. The number of carboxylic acids is 1. The van der Waals surface area contributed by atoms with E-state index in [-0.39, 0.29) is 18.2 Å². The highest BCUT2D eigenvalue weighted by molar-refractivity contribution is 7.81. The van der Waals surface area contributed by atoms with Crippen LogP contribution in [0.2, 0.25) is 0 Å². The Balaban J connectivity index is 1.69. The molecule has 2 aromatic rings. The number of carboxylic acid groups (broad SMARTS) is 1. The maximum atomic E-state index is 13.2. The van der Waals surface area contributed by atoms with E-state index in [4.69, 9.17) is 0 Å². The van der Waals surface area contributed by atoms with Crippen molar-refractivity contribution >= 4 is 30.4 Å². The van der Waals surface area contributed by atoms with Gasteiger partial charge in [-0.2, -0.15) is 12.6 Å². The minimum Gasteiger partial charge on any atom is -0.480 e. The van der Waals surface area contributed by atoms with Crippen molar-refractivity contribution in [1.29, 1.82) is 0 Å². The van der Waals surface area contributed by atoms with E-state index in [9.17, 15) is 19.5 Å². The van der Waals surface area contributed by atoms with Gasteiger partial charge in [-0.25, -0.2) is 4.79 Å². The third-order valence-electron chi connectivity index (χ3n) is 5.55. The van der Waals surface area contributed by atoms with Gasteiger partial charge in [-0.3, -0.25) is 9.59 Å². The Morgan fingerprint density at radius 1 is 1.00 bits per heavy atom. The van der Waals surface area contributed by atoms with Crippen LogP contribution >= 0.6 is 12.6 Å². The lowest BCUT2D eigenvalue weighted by Gasteiger charge is -2.30. The van der Waals surface area contributed by atoms with Gasteiger partial charge >= 0.3 is 5.97 Å². The van der Waals surface area contributed by atoms with Crippen molar-refractivity contribution in [2.24, 2.45) is 0 Å². The number of benzene rings is 2. The number of carbonyl (C=O) groups is 3. The molecule has 1 heterocycles. The molecule has 0 aliphatic carbocycles. The lowest BCUT2D eigenvalue weighted by Crippen LogP contribution is -2.54.